The Labute approximate surface area is 204 Å². The lowest BCUT2D eigenvalue weighted by molar-refractivity contribution is 0.0525. The van der Waals surface area contributed by atoms with Gasteiger partial charge in [0.1, 0.15) is 16.5 Å². The van der Waals surface area contributed by atoms with Crippen molar-refractivity contribution in [1.82, 2.24) is 5.32 Å². The lowest BCUT2D eigenvalue weighted by Gasteiger charge is -2.42. The average Bonchev–Trinajstić information content (AvgIpc) is 3.12. The van der Waals surface area contributed by atoms with E-state index in [-0.39, 0.29) is 23.6 Å². The molecule has 4 rings (SSSR count). The summed E-state index contributed by atoms with van der Waals surface area (Å²) >= 11 is 1.43. The molecule has 0 aliphatic carbocycles. The molecule has 0 radical (unpaired) electrons. The Morgan fingerprint density at radius 3 is 2.44 bits per heavy atom. The van der Waals surface area contributed by atoms with Crippen LogP contribution in [0.1, 0.15) is 65.8 Å². The molecule has 0 saturated heterocycles. The van der Waals surface area contributed by atoms with Crippen molar-refractivity contribution in [3.8, 4) is 11.5 Å². The summed E-state index contributed by atoms with van der Waals surface area (Å²) in [6.07, 6.45) is 0.659. The third-order valence-corrected chi connectivity index (χ3v) is 7.10. The van der Waals surface area contributed by atoms with Gasteiger partial charge in [-0.25, -0.2) is 4.79 Å². The van der Waals surface area contributed by atoms with Crippen LogP contribution in [0.5, 0.6) is 11.5 Å². The summed E-state index contributed by atoms with van der Waals surface area (Å²) in [6, 6.07) is 16.4. The predicted molar refractivity (Wildman–Crippen MR) is 135 cm³/mol. The molecule has 2 heterocycles. The van der Waals surface area contributed by atoms with Gasteiger partial charge < -0.3 is 20.1 Å². The zero-order valence-electron chi connectivity index (χ0n) is 20.2. The van der Waals surface area contributed by atoms with Crippen LogP contribution in [0.3, 0.4) is 0 Å². The molecule has 1 amide bonds. The molecule has 0 atom stereocenters. The average molecular weight is 479 g/mol. The number of ether oxygens (including phenoxy) is 2. The van der Waals surface area contributed by atoms with Crippen molar-refractivity contribution in [2.24, 2.45) is 0 Å². The molecule has 0 bridgehead atoms. The summed E-state index contributed by atoms with van der Waals surface area (Å²) in [4.78, 5) is 27.2. The number of nitrogens with one attached hydrogen (secondary N) is 2. The SMILES string of the molecule is CCOC(=O)c1c(NC(=O)c2cccc(Oc3ccccc3)c2)sc2c1CC(C)(C)NC2(C)C. The van der Waals surface area contributed by atoms with Gasteiger partial charge >= 0.3 is 5.97 Å². The number of para-hydroxylation sites is 1. The molecule has 0 saturated carbocycles. The molecule has 0 unspecified atom stereocenters. The Bertz CT molecular complexity index is 1210. The number of rotatable bonds is 6. The van der Waals surface area contributed by atoms with Crippen LogP contribution >= 0.6 is 11.3 Å². The second-order valence-electron chi connectivity index (χ2n) is 9.54. The van der Waals surface area contributed by atoms with Crippen LogP contribution in [0, 0.1) is 0 Å². The van der Waals surface area contributed by atoms with E-state index in [4.69, 9.17) is 9.47 Å². The largest absolute Gasteiger partial charge is 0.462 e. The normalized spacial score (nSPS) is 15.8. The summed E-state index contributed by atoms with van der Waals surface area (Å²) in [7, 11) is 0. The van der Waals surface area contributed by atoms with Gasteiger partial charge in [0, 0.05) is 21.5 Å². The minimum atomic E-state index is -0.412. The second kappa shape index (κ2) is 9.24. The molecule has 6 nitrogen and oxygen atoms in total. The first-order valence-corrected chi connectivity index (χ1v) is 12.2. The fourth-order valence-electron chi connectivity index (χ4n) is 4.54. The first kappa shape index (κ1) is 24.0. The number of carbonyl (C=O) groups is 2. The molecule has 7 heteroatoms. The van der Waals surface area contributed by atoms with Gasteiger partial charge in [-0.2, -0.15) is 0 Å². The highest BCUT2D eigenvalue weighted by atomic mass is 32.1. The highest BCUT2D eigenvalue weighted by Gasteiger charge is 2.42. The van der Waals surface area contributed by atoms with Gasteiger partial charge in [0.2, 0.25) is 0 Å². The number of hydrogen-bond donors (Lipinski definition) is 2. The molecule has 2 aromatic carbocycles. The van der Waals surface area contributed by atoms with Crippen molar-refractivity contribution >= 4 is 28.2 Å². The van der Waals surface area contributed by atoms with Crippen LogP contribution < -0.4 is 15.4 Å². The van der Waals surface area contributed by atoms with E-state index in [2.05, 4.69) is 38.3 Å². The van der Waals surface area contributed by atoms with Crippen LogP contribution in [0.4, 0.5) is 5.00 Å². The minimum Gasteiger partial charge on any atom is -0.462 e. The summed E-state index contributed by atoms with van der Waals surface area (Å²) in [5.74, 6) is 0.521. The molecule has 0 spiro atoms. The number of amides is 1. The first-order chi connectivity index (χ1) is 16.1. The van der Waals surface area contributed by atoms with E-state index in [0.29, 0.717) is 34.0 Å². The molecular formula is C27H30N2O4S. The monoisotopic (exact) mass is 478 g/mol. The lowest BCUT2D eigenvalue weighted by atomic mass is 9.81. The third-order valence-electron chi connectivity index (χ3n) is 5.63. The van der Waals surface area contributed by atoms with Gasteiger partial charge in [-0.15, -0.1) is 11.3 Å². The molecule has 1 aliphatic rings. The zero-order chi connectivity index (χ0) is 24.5. The van der Waals surface area contributed by atoms with Gasteiger partial charge in [0.15, 0.2) is 0 Å². The maximum atomic E-state index is 13.2. The summed E-state index contributed by atoms with van der Waals surface area (Å²) < 4.78 is 11.2. The van der Waals surface area contributed by atoms with Gasteiger partial charge in [-0.05, 0) is 76.9 Å². The molecule has 178 valence electrons. The van der Waals surface area contributed by atoms with Crippen LogP contribution in [0.25, 0.3) is 0 Å². The minimum absolute atomic E-state index is 0.205. The lowest BCUT2D eigenvalue weighted by Crippen LogP contribution is -2.55. The highest BCUT2D eigenvalue weighted by Crippen LogP contribution is 2.45. The van der Waals surface area contributed by atoms with Crippen molar-refractivity contribution in [2.75, 3.05) is 11.9 Å². The van der Waals surface area contributed by atoms with Crippen LogP contribution in [-0.4, -0.2) is 24.0 Å². The predicted octanol–water partition coefficient (Wildman–Crippen LogP) is 6.13. The standard InChI is InChI=1S/C27H30N2O4S/c1-6-32-25(31)21-20-16-26(2,3)29-27(4,5)22(20)34-24(21)28-23(30)17-11-10-14-19(15-17)33-18-12-8-7-9-13-18/h7-15,29H,6,16H2,1-5H3,(H,28,30). The Hall–Kier alpha value is -3.16. The van der Waals surface area contributed by atoms with E-state index in [9.17, 15) is 9.59 Å². The number of esters is 1. The molecular weight excluding hydrogens is 448 g/mol. The van der Waals surface area contributed by atoms with E-state index in [1.165, 1.54) is 11.3 Å². The van der Waals surface area contributed by atoms with Gasteiger partial charge in [-0.3, -0.25) is 4.79 Å². The van der Waals surface area contributed by atoms with E-state index in [1.54, 1.807) is 31.2 Å². The van der Waals surface area contributed by atoms with Crippen LogP contribution in [0.15, 0.2) is 54.6 Å². The Morgan fingerprint density at radius 2 is 1.74 bits per heavy atom. The van der Waals surface area contributed by atoms with Crippen molar-refractivity contribution in [1.29, 1.82) is 0 Å². The molecule has 2 N–H and O–H groups in total. The summed E-state index contributed by atoms with van der Waals surface area (Å²) in [6.45, 7) is 10.5. The molecule has 1 aliphatic heterocycles. The number of hydrogen-bond acceptors (Lipinski definition) is 6. The number of thiophene rings is 1. The number of carbonyl (C=O) groups excluding carboxylic acids is 2. The van der Waals surface area contributed by atoms with Gasteiger partial charge in [0.25, 0.3) is 5.91 Å². The van der Waals surface area contributed by atoms with E-state index < -0.39 is 5.97 Å². The van der Waals surface area contributed by atoms with Crippen LogP contribution in [-0.2, 0) is 16.7 Å². The third kappa shape index (κ3) is 5.00. The Morgan fingerprint density at radius 1 is 1.03 bits per heavy atom. The molecule has 0 fully saturated rings. The molecule has 34 heavy (non-hydrogen) atoms. The first-order valence-electron chi connectivity index (χ1n) is 11.4. The quantitative estimate of drug-likeness (QED) is 0.417. The topological polar surface area (TPSA) is 76.7 Å². The van der Waals surface area contributed by atoms with Crippen molar-refractivity contribution in [3.05, 3.63) is 76.2 Å². The second-order valence-corrected chi connectivity index (χ2v) is 10.6. The highest BCUT2D eigenvalue weighted by molar-refractivity contribution is 7.17. The van der Waals surface area contributed by atoms with Crippen molar-refractivity contribution in [2.45, 2.75) is 52.1 Å². The number of benzene rings is 2. The summed E-state index contributed by atoms with van der Waals surface area (Å²) in [5, 5.41) is 7.13. The number of fused-ring (bicyclic) bond motifs is 1. The van der Waals surface area contributed by atoms with Crippen molar-refractivity contribution in [3.63, 3.8) is 0 Å². The zero-order valence-corrected chi connectivity index (χ0v) is 21.0. The van der Waals surface area contributed by atoms with E-state index in [0.717, 1.165) is 10.4 Å². The molecule has 3 aromatic rings. The fraction of sp³-hybridized carbons (Fsp3) is 0.333. The number of anilines is 1. The van der Waals surface area contributed by atoms with E-state index in [1.807, 2.05) is 30.3 Å². The van der Waals surface area contributed by atoms with Crippen LogP contribution in [0.2, 0.25) is 0 Å². The van der Waals surface area contributed by atoms with Gasteiger partial charge in [0.05, 0.1) is 12.2 Å². The Kier molecular flexibility index (Phi) is 6.51. The Balaban J connectivity index is 1.66. The maximum absolute atomic E-state index is 13.2. The van der Waals surface area contributed by atoms with E-state index >= 15 is 0 Å². The summed E-state index contributed by atoms with van der Waals surface area (Å²) in [5.41, 5.74) is 1.27. The smallest absolute Gasteiger partial charge is 0.341 e. The fourth-order valence-corrected chi connectivity index (χ4v) is 5.80. The maximum Gasteiger partial charge on any atom is 0.341 e. The van der Waals surface area contributed by atoms with Gasteiger partial charge in [-0.1, -0.05) is 24.3 Å². The molecule has 1 aromatic heterocycles. The van der Waals surface area contributed by atoms with Crippen molar-refractivity contribution < 1.29 is 19.1 Å².